The van der Waals surface area contributed by atoms with E-state index < -0.39 is 22.0 Å². The second kappa shape index (κ2) is 12.8. The predicted octanol–water partition coefficient (Wildman–Crippen LogP) is 5.65. The fraction of sp³-hybridized carbons (Fsp3) is 0.290. The highest BCUT2D eigenvalue weighted by atomic mass is 35.5. The number of amides is 2. The number of rotatable bonds is 9. The number of benzene rings is 3. The lowest BCUT2D eigenvalue weighted by atomic mass is 10.0. The molecule has 0 unspecified atom stereocenters. The number of carbonyl (C=O) groups excluding carboxylic acids is 2. The molecule has 0 aliphatic carbocycles. The van der Waals surface area contributed by atoms with E-state index in [1.165, 1.54) is 0 Å². The lowest BCUT2D eigenvalue weighted by Gasteiger charge is -2.31. The summed E-state index contributed by atoms with van der Waals surface area (Å²) in [6.07, 6.45) is 1.47. The second-order valence-corrected chi connectivity index (χ2v) is 12.5. The van der Waals surface area contributed by atoms with Crippen molar-refractivity contribution in [2.45, 2.75) is 32.4 Å². The van der Waals surface area contributed by atoms with Crippen molar-refractivity contribution in [2.75, 3.05) is 18.8 Å². The van der Waals surface area contributed by atoms with Crippen LogP contribution < -0.4 is 4.72 Å². The lowest BCUT2D eigenvalue weighted by molar-refractivity contribution is 0.0811. The molecule has 5 rings (SSSR count). The first-order chi connectivity index (χ1) is 19.8. The zero-order valence-corrected chi connectivity index (χ0v) is 24.1. The van der Waals surface area contributed by atoms with E-state index in [1.54, 1.807) is 11.0 Å². The third kappa shape index (κ3) is 7.48. The minimum absolute atomic E-state index is 0.154. The molecule has 0 bridgehead atoms. The molecule has 41 heavy (non-hydrogen) atoms. The van der Waals surface area contributed by atoms with Crippen LogP contribution >= 0.6 is 11.6 Å². The number of nitrogens with zero attached hydrogens (tertiary/aromatic N) is 2. The lowest BCUT2D eigenvalue weighted by Crippen LogP contribution is -2.44. The first-order valence-corrected chi connectivity index (χ1v) is 15.6. The van der Waals surface area contributed by atoms with Gasteiger partial charge in [0.15, 0.2) is 0 Å². The van der Waals surface area contributed by atoms with Crippen LogP contribution in [0.3, 0.4) is 0 Å². The highest BCUT2D eigenvalue weighted by molar-refractivity contribution is 7.90. The molecular weight excluding hydrogens is 562 g/mol. The quantitative estimate of drug-likeness (QED) is 0.271. The molecule has 3 aromatic carbocycles. The fourth-order valence-electron chi connectivity index (χ4n) is 5.25. The summed E-state index contributed by atoms with van der Waals surface area (Å²) in [5.74, 6) is -1.24. The van der Waals surface area contributed by atoms with Crippen molar-refractivity contribution >= 4 is 44.5 Å². The number of nitrogens with one attached hydrogen (secondary N) is 1. The van der Waals surface area contributed by atoms with E-state index >= 15 is 0 Å². The third-order valence-corrected chi connectivity index (χ3v) is 8.92. The van der Waals surface area contributed by atoms with Gasteiger partial charge in [-0.25, -0.2) is 17.9 Å². The van der Waals surface area contributed by atoms with Gasteiger partial charge in [-0.1, -0.05) is 72.3 Å². The Morgan fingerprint density at radius 1 is 0.951 bits per heavy atom. The van der Waals surface area contributed by atoms with Crippen LogP contribution in [-0.2, 0) is 34.3 Å². The van der Waals surface area contributed by atoms with Crippen LogP contribution in [0.1, 0.15) is 34.5 Å². The monoisotopic (exact) mass is 593 g/mol. The average Bonchev–Trinajstić information content (AvgIpc) is 3.34. The average molecular weight is 594 g/mol. The SMILES string of the molecule is O=C(NS(=O)(=O)C[C@H]1CCCN(C(=O)OCc2ccccc2)C1)c1cc2ccccc2n1CCc1ccc(Cl)cc1. The molecule has 1 aromatic heterocycles. The van der Waals surface area contributed by atoms with Gasteiger partial charge in [0.1, 0.15) is 12.3 Å². The minimum Gasteiger partial charge on any atom is -0.445 e. The number of ether oxygens (including phenoxy) is 1. The van der Waals surface area contributed by atoms with E-state index in [2.05, 4.69) is 4.72 Å². The summed E-state index contributed by atoms with van der Waals surface area (Å²) in [6.45, 7) is 1.40. The number of para-hydroxylation sites is 1. The molecule has 4 aromatic rings. The van der Waals surface area contributed by atoms with Gasteiger partial charge in [0.05, 0.1) is 5.75 Å². The number of aromatic nitrogens is 1. The molecule has 1 aliphatic heterocycles. The largest absolute Gasteiger partial charge is 0.445 e. The van der Waals surface area contributed by atoms with Gasteiger partial charge >= 0.3 is 6.09 Å². The molecule has 1 fully saturated rings. The Balaban J connectivity index is 1.23. The molecule has 0 radical (unpaired) electrons. The molecule has 0 spiro atoms. The fourth-order valence-corrected chi connectivity index (χ4v) is 6.74. The van der Waals surface area contributed by atoms with Crippen molar-refractivity contribution < 1.29 is 22.7 Å². The number of hydrogen-bond donors (Lipinski definition) is 1. The van der Waals surface area contributed by atoms with E-state index in [1.807, 2.05) is 83.4 Å². The number of aryl methyl sites for hydroxylation is 2. The van der Waals surface area contributed by atoms with E-state index in [4.69, 9.17) is 16.3 Å². The number of fused-ring (bicyclic) bond motifs is 1. The molecule has 10 heteroatoms. The molecule has 0 saturated carbocycles. The highest BCUT2D eigenvalue weighted by Crippen LogP contribution is 2.23. The number of likely N-dealkylation sites (tertiary alicyclic amines) is 1. The summed E-state index contributed by atoms with van der Waals surface area (Å²) in [6, 6.07) is 26.2. The van der Waals surface area contributed by atoms with Crippen LogP contribution in [-0.4, -0.2) is 48.7 Å². The number of piperidine rings is 1. The van der Waals surface area contributed by atoms with Crippen LogP contribution in [0.15, 0.2) is 84.9 Å². The van der Waals surface area contributed by atoms with Crippen molar-refractivity contribution in [3.05, 3.63) is 107 Å². The van der Waals surface area contributed by atoms with Crippen LogP contribution in [0.4, 0.5) is 4.79 Å². The van der Waals surface area contributed by atoms with Crippen molar-refractivity contribution in [2.24, 2.45) is 5.92 Å². The van der Waals surface area contributed by atoms with E-state index in [0.29, 0.717) is 37.4 Å². The molecule has 1 aliphatic rings. The summed E-state index contributed by atoms with van der Waals surface area (Å²) in [5, 5.41) is 1.50. The Bertz CT molecular complexity index is 1620. The number of halogens is 1. The zero-order chi connectivity index (χ0) is 28.8. The first-order valence-electron chi connectivity index (χ1n) is 13.6. The Hall–Kier alpha value is -3.82. The van der Waals surface area contributed by atoms with E-state index in [0.717, 1.165) is 22.0 Å². The van der Waals surface area contributed by atoms with Crippen molar-refractivity contribution in [3.8, 4) is 0 Å². The molecule has 1 saturated heterocycles. The molecule has 214 valence electrons. The van der Waals surface area contributed by atoms with Gasteiger partial charge in [-0.05, 0) is 60.6 Å². The van der Waals surface area contributed by atoms with Crippen molar-refractivity contribution in [1.29, 1.82) is 0 Å². The maximum Gasteiger partial charge on any atom is 0.410 e. The van der Waals surface area contributed by atoms with Gasteiger partial charge in [-0.2, -0.15) is 0 Å². The van der Waals surface area contributed by atoms with Gasteiger partial charge in [0.2, 0.25) is 10.0 Å². The van der Waals surface area contributed by atoms with Gasteiger partial charge in [0.25, 0.3) is 5.91 Å². The Kier molecular flexibility index (Phi) is 8.95. The van der Waals surface area contributed by atoms with Crippen LogP contribution in [0, 0.1) is 5.92 Å². The maximum atomic E-state index is 13.3. The van der Waals surface area contributed by atoms with E-state index in [9.17, 15) is 18.0 Å². The van der Waals surface area contributed by atoms with Gasteiger partial charge in [-0.3, -0.25) is 4.79 Å². The standard InChI is InChI=1S/C31H32ClN3O5S/c32-27-14-12-23(13-15-27)16-18-35-28-11-5-4-10-26(28)19-29(35)30(36)33-41(38,39)22-25-9-6-17-34(20-25)31(37)40-21-24-7-2-1-3-8-24/h1-5,7-8,10-15,19,25H,6,9,16-18,20-22H2,(H,33,36)/t25-/m0/s1. The summed E-state index contributed by atoms with van der Waals surface area (Å²) in [5.41, 5.74) is 3.06. The van der Waals surface area contributed by atoms with Crippen molar-refractivity contribution in [3.63, 3.8) is 0 Å². The van der Waals surface area contributed by atoms with Gasteiger partial charge in [0, 0.05) is 35.6 Å². The molecule has 8 nitrogen and oxygen atoms in total. The predicted molar refractivity (Wildman–Crippen MR) is 159 cm³/mol. The highest BCUT2D eigenvalue weighted by Gasteiger charge is 2.30. The summed E-state index contributed by atoms with van der Waals surface area (Å²) in [7, 11) is -3.97. The molecular formula is C31H32ClN3O5S. The summed E-state index contributed by atoms with van der Waals surface area (Å²) < 4.78 is 35.8. The number of carbonyl (C=O) groups is 2. The Labute approximate surface area is 244 Å². The molecule has 2 heterocycles. The first kappa shape index (κ1) is 28.7. The minimum atomic E-state index is -3.97. The topological polar surface area (TPSA) is 97.7 Å². The Morgan fingerprint density at radius 3 is 2.46 bits per heavy atom. The third-order valence-electron chi connectivity index (χ3n) is 7.27. The number of sulfonamides is 1. The normalized spacial score (nSPS) is 15.5. The van der Waals surface area contributed by atoms with Gasteiger partial charge < -0.3 is 14.2 Å². The maximum absolute atomic E-state index is 13.3. The van der Waals surface area contributed by atoms with Crippen LogP contribution in [0.25, 0.3) is 10.9 Å². The van der Waals surface area contributed by atoms with Gasteiger partial charge in [-0.15, -0.1) is 0 Å². The Morgan fingerprint density at radius 2 is 1.68 bits per heavy atom. The van der Waals surface area contributed by atoms with Crippen molar-refractivity contribution in [1.82, 2.24) is 14.2 Å². The molecule has 1 atom stereocenters. The summed E-state index contributed by atoms with van der Waals surface area (Å²) in [4.78, 5) is 27.5. The van der Waals surface area contributed by atoms with Crippen LogP contribution in [0.2, 0.25) is 5.02 Å². The molecule has 2 amide bonds. The number of hydrogen-bond acceptors (Lipinski definition) is 5. The smallest absolute Gasteiger partial charge is 0.410 e. The molecule has 1 N–H and O–H groups in total. The summed E-state index contributed by atoms with van der Waals surface area (Å²) >= 11 is 6.01. The zero-order valence-electron chi connectivity index (χ0n) is 22.5. The van der Waals surface area contributed by atoms with Crippen LogP contribution in [0.5, 0.6) is 0 Å². The van der Waals surface area contributed by atoms with E-state index in [-0.39, 0.29) is 30.5 Å². The second-order valence-electron chi connectivity index (χ2n) is 10.3.